The second-order valence-corrected chi connectivity index (χ2v) is 5.09. The molecule has 1 N–H and O–H groups in total. The van der Waals surface area contributed by atoms with Crippen molar-refractivity contribution in [3.63, 3.8) is 0 Å². The molecule has 1 saturated heterocycles. The number of benzene rings is 1. The quantitative estimate of drug-likeness (QED) is 0.845. The summed E-state index contributed by atoms with van der Waals surface area (Å²) in [6, 6.07) is 8.25. The maximum absolute atomic E-state index is 9.35. The third-order valence-electron chi connectivity index (χ3n) is 3.88. The van der Waals surface area contributed by atoms with Crippen LogP contribution in [-0.4, -0.2) is 36.8 Å². The van der Waals surface area contributed by atoms with Crippen LogP contribution in [0.1, 0.15) is 18.9 Å². The van der Waals surface area contributed by atoms with E-state index in [1.54, 1.807) is 7.11 Å². The number of hydrogen-bond donors (Lipinski definition) is 1. The zero-order chi connectivity index (χ0) is 13.7. The fourth-order valence-corrected chi connectivity index (χ4v) is 2.65. The topological polar surface area (TPSA) is 32.7 Å². The first-order chi connectivity index (χ1) is 9.26. The molecule has 0 bridgehead atoms. The number of methoxy groups -OCH3 is 1. The van der Waals surface area contributed by atoms with Gasteiger partial charge in [-0.25, -0.2) is 0 Å². The number of likely N-dealkylation sites (tertiary alicyclic amines) is 1. The van der Waals surface area contributed by atoms with Gasteiger partial charge in [0.15, 0.2) is 0 Å². The van der Waals surface area contributed by atoms with Gasteiger partial charge in [-0.3, -0.25) is 4.90 Å². The highest BCUT2D eigenvalue weighted by atomic mass is 16.5. The van der Waals surface area contributed by atoms with E-state index < -0.39 is 0 Å². The van der Waals surface area contributed by atoms with Crippen molar-refractivity contribution in [1.82, 2.24) is 4.90 Å². The van der Waals surface area contributed by atoms with Crippen LogP contribution in [0.15, 0.2) is 35.9 Å². The molecule has 0 radical (unpaired) electrons. The number of aliphatic hydroxyl groups excluding tert-OH is 1. The Morgan fingerprint density at radius 1 is 1.37 bits per heavy atom. The van der Waals surface area contributed by atoms with Crippen LogP contribution in [0, 0.1) is 5.92 Å². The summed E-state index contributed by atoms with van der Waals surface area (Å²) in [6.07, 6.45) is 3.20. The summed E-state index contributed by atoms with van der Waals surface area (Å²) in [7, 11) is 1.69. The van der Waals surface area contributed by atoms with Crippen molar-refractivity contribution in [2.75, 3.05) is 26.8 Å². The first-order valence-corrected chi connectivity index (χ1v) is 6.88. The van der Waals surface area contributed by atoms with Gasteiger partial charge in [-0.2, -0.15) is 0 Å². The van der Waals surface area contributed by atoms with E-state index in [0.717, 1.165) is 31.8 Å². The normalized spacial score (nSPS) is 22.7. The highest BCUT2D eigenvalue weighted by molar-refractivity contribution is 5.27. The zero-order valence-corrected chi connectivity index (χ0v) is 11.8. The molecule has 2 rings (SSSR count). The number of ether oxygens (including phenoxy) is 1. The van der Waals surface area contributed by atoms with Crippen molar-refractivity contribution < 1.29 is 9.84 Å². The highest BCUT2D eigenvalue weighted by Crippen LogP contribution is 2.24. The first kappa shape index (κ1) is 14.1. The molecular formula is C16H23NO2. The van der Waals surface area contributed by atoms with Crippen LogP contribution in [0.4, 0.5) is 0 Å². The van der Waals surface area contributed by atoms with Crippen LogP contribution in [-0.2, 0) is 6.54 Å². The van der Waals surface area contributed by atoms with E-state index >= 15 is 0 Å². The monoisotopic (exact) mass is 261 g/mol. The van der Waals surface area contributed by atoms with Crippen LogP contribution in [0.5, 0.6) is 5.75 Å². The predicted molar refractivity (Wildman–Crippen MR) is 77.2 cm³/mol. The van der Waals surface area contributed by atoms with Crippen molar-refractivity contribution in [3.8, 4) is 5.75 Å². The Hall–Kier alpha value is -1.32. The van der Waals surface area contributed by atoms with E-state index in [2.05, 4.69) is 30.0 Å². The Morgan fingerprint density at radius 2 is 2.11 bits per heavy atom. The molecule has 1 fully saturated rings. The van der Waals surface area contributed by atoms with E-state index in [1.165, 1.54) is 11.1 Å². The number of rotatable bonds is 4. The van der Waals surface area contributed by atoms with Crippen LogP contribution >= 0.6 is 0 Å². The SMILES string of the molecule is C/C=C1/CN(Cc2ccc(OC)cc2)CC[C@H]1CO. The number of nitrogens with zero attached hydrogens (tertiary/aromatic N) is 1. The molecule has 1 aromatic rings. The summed E-state index contributed by atoms with van der Waals surface area (Å²) in [5.74, 6) is 1.26. The summed E-state index contributed by atoms with van der Waals surface area (Å²) < 4.78 is 5.17. The van der Waals surface area contributed by atoms with Gasteiger partial charge in [-0.05, 0) is 37.6 Å². The van der Waals surface area contributed by atoms with Gasteiger partial charge in [0.1, 0.15) is 5.75 Å². The molecule has 3 heteroatoms. The fourth-order valence-electron chi connectivity index (χ4n) is 2.65. The van der Waals surface area contributed by atoms with Crippen molar-refractivity contribution in [2.24, 2.45) is 5.92 Å². The van der Waals surface area contributed by atoms with Crippen LogP contribution in [0.3, 0.4) is 0 Å². The van der Waals surface area contributed by atoms with E-state index in [4.69, 9.17) is 4.74 Å². The average Bonchev–Trinajstić information content (AvgIpc) is 2.48. The maximum atomic E-state index is 9.35. The van der Waals surface area contributed by atoms with Gasteiger partial charge in [0.2, 0.25) is 0 Å². The molecule has 19 heavy (non-hydrogen) atoms. The van der Waals surface area contributed by atoms with Gasteiger partial charge >= 0.3 is 0 Å². The summed E-state index contributed by atoms with van der Waals surface area (Å²) in [5.41, 5.74) is 2.67. The van der Waals surface area contributed by atoms with E-state index in [1.807, 2.05) is 12.1 Å². The second-order valence-electron chi connectivity index (χ2n) is 5.09. The molecule has 1 aromatic carbocycles. The minimum Gasteiger partial charge on any atom is -0.497 e. The molecule has 1 aliphatic rings. The lowest BCUT2D eigenvalue weighted by molar-refractivity contribution is 0.170. The molecule has 0 saturated carbocycles. The predicted octanol–water partition coefficient (Wildman–Crippen LogP) is 2.46. The van der Waals surface area contributed by atoms with Crippen molar-refractivity contribution in [2.45, 2.75) is 19.9 Å². The molecule has 0 aliphatic carbocycles. The minimum atomic E-state index is 0.274. The van der Waals surface area contributed by atoms with Gasteiger partial charge in [0, 0.05) is 25.6 Å². The standard InChI is InChI=1S/C16H23NO2/c1-3-14-11-17(9-8-15(14)12-18)10-13-4-6-16(19-2)7-5-13/h3-7,15,18H,8-12H2,1-2H3/b14-3-/t15-/m0/s1. The zero-order valence-electron chi connectivity index (χ0n) is 11.8. The average molecular weight is 261 g/mol. The number of hydrogen-bond acceptors (Lipinski definition) is 3. The molecule has 1 heterocycles. The third kappa shape index (κ3) is 3.58. The lowest BCUT2D eigenvalue weighted by Gasteiger charge is -2.33. The van der Waals surface area contributed by atoms with Crippen molar-refractivity contribution >= 4 is 0 Å². The van der Waals surface area contributed by atoms with Crippen LogP contribution < -0.4 is 4.74 Å². The largest absolute Gasteiger partial charge is 0.497 e. The van der Waals surface area contributed by atoms with Gasteiger partial charge < -0.3 is 9.84 Å². The molecule has 0 amide bonds. The molecule has 0 unspecified atom stereocenters. The third-order valence-corrected chi connectivity index (χ3v) is 3.88. The molecule has 104 valence electrons. The molecule has 0 aromatic heterocycles. The minimum absolute atomic E-state index is 0.274. The number of aliphatic hydroxyl groups is 1. The van der Waals surface area contributed by atoms with Gasteiger partial charge in [-0.1, -0.05) is 23.8 Å². The Morgan fingerprint density at radius 3 is 2.68 bits per heavy atom. The van der Waals surface area contributed by atoms with Gasteiger partial charge in [0.25, 0.3) is 0 Å². The summed E-state index contributed by atoms with van der Waals surface area (Å²) >= 11 is 0. The summed E-state index contributed by atoms with van der Waals surface area (Å²) in [4.78, 5) is 2.43. The second kappa shape index (κ2) is 6.73. The highest BCUT2D eigenvalue weighted by Gasteiger charge is 2.22. The summed E-state index contributed by atoms with van der Waals surface area (Å²) in [6.45, 7) is 5.31. The Bertz CT molecular complexity index is 425. The summed E-state index contributed by atoms with van der Waals surface area (Å²) in [5, 5.41) is 9.35. The van der Waals surface area contributed by atoms with E-state index in [-0.39, 0.29) is 6.61 Å². The van der Waals surface area contributed by atoms with E-state index in [0.29, 0.717) is 5.92 Å². The van der Waals surface area contributed by atoms with Gasteiger partial charge in [0.05, 0.1) is 7.11 Å². The maximum Gasteiger partial charge on any atom is 0.118 e. The molecule has 1 aliphatic heterocycles. The van der Waals surface area contributed by atoms with Crippen LogP contribution in [0.2, 0.25) is 0 Å². The molecule has 1 atom stereocenters. The fraction of sp³-hybridized carbons (Fsp3) is 0.500. The lowest BCUT2D eigenvalue weighted by atomic mass is 9.91. The van der Waals surface area contributed by atoms with Crippen molar-refractivity contribution in [1.29, 1.82) is 0 Å². The molecule has 0 spiro atoms. The van der Waals surface area contributed by atoms with Crippen LogP contribution in [0.25, 0.3) is 0 Å². The first-order valence-electron chi connectivity index (χ1n) is 6.88. The van der Waals surface area contributed by atoms with Gasteiger partial charge in [-0.15, -0.1) is 0 Å². The smallest absolute Gasteiger partial charge is 0.118 e. The Balaban J connectivity index is 1.96. The van der Waals surface area contributed by atoms with E-state index in [9.17, 15) is 5.11 Å². The molecular weight excluding hydrogens is 238 g/mol. The Labute approximate surface area is 115 Å². The van der Waals surface area contributed by atoms with Crippen molar-refractivity contribution in [3.05, 3.63) is 41.5 Å². The Kier molecular flexibility index (Phi) is 5.00. The number of piperidine rings is 1. The lowest BCUT2D eigenvalue weighted by Crippen LogP contribution is -2.36. The number of allylic oxidation sites excluding steroid dienone is 1. The molecule has 3 nitrogen and oxygen atoms in total.